The Kier molecular flexibility index (Phi) is 3.88. The molecule has 2 nitrogen and oxygen atoms in total. The molecule has 1 aromatic rings. The molecule has 2 N–H and O–H groups in total. The van der Waals surface area contributed by atoms with Crippen molar-refractivity contribution in [2.45, 2.75) is 33.6 Å². The molecule has 1 aliphatic heterocycles. The van der Waals surface area contributed by atoms with Gasteiger partial charge in [0.05, 0.1) is 6.61 Å². The minimum absolute atomic E-state index is 0.197. The van der Waals surface area contributed by atoms with Crippen LogP contribution in [-0.2, 0) is 12.8 Å². The maximum absolute atomic E-state index is 6.18. The Morgan fingerprint density at radius 3 is 2.72 bits per heavy atom. The average molecular weight is 268 g/mol. The molecule has 0 bridgehead atoms. The quantitative estimate of drug-likeness (QED) is 0.911. The lowest BCUT2D eigenvalue weighted by atomic mass is 9.77. The molecule has 0 saturated carbocycles. The van der Waals surface area contributed by atoms with Crippen molar-refractivity contribution in [3.05, 3.63) is 28.3 Å². The topological polar surface area (TPSA) is 35.2 Å². The lowest BCUT2D eigenvalue weighted by Gasteiger charge is -2.30. The molecule has 0 amide bonds. The zero-order valence-corrected chi connectivity index (χ0v) is 12.2. The molecule has 0 saturated heterocycles. The van der Waals surface area contributed by atoms with Gasteiger partial charge in [0.15, 0.2) is 0 Å². The first kappa shape index (κ1) is 13.7. The summed E-state index contributed by atoms with van der Waals surface area (Å²) in [6.45, 7) is 8.15. The van der Waals surface area contributed by atoms with E-state index in [1.165, 1.54) is 11.1 Å². The van der Waals surface area contributed by atoms with Gasteiger partial charge in [-0.15, -0.1) is 0 Å². The third-order valence-corrected chi connectivity index (χ3v) is 4.02. The molecule has 1 unspecified atom stereocenters. The standard InChI is InChI=1S/C15H22ClNO/c1-15(2,3)12(9-17)6-11-8-13(16)7-10-4-5-18-14(10)11/h7-8,12H,4-6,9,17H2,1-3H3. The Hall–Kier alpha value is -0.730. The monoisotopic (exact) mass is 267 g/mol. The van der Waals surface area contributed by atoms with Crippen molar-refractivity contribution in [3.63, 3.8) is 0 Å². The van der Waals surface area contributed by atoms with E-state index in [2.05, 4.69) is 20.8 Å². The zero-order valence-electron chi connectivity index (χ0n) is 11.4. The van der Waals surface area contributed by atoms with E-state index in [9.17, 15) is 0 Å². The van der Waals surface area contributed by atoms with Crippen molar-refractivity contribution in [1.29, 1.82) is 0 Å². The minimum atomic E-state index is 0.197. The smallest absolute Gasteiger partial charge is 0.125 e. The van der Waals surface area contributed by atoms with Gasteiger partial charge in [-0.1, -0.05) is 32.4 Å². The summed E-state index contributed by atoms with van der Waals surface area (Å²) in [6.07, 6.45) is 1.90. The van der Waals surface area contributed by atoms with Crippen molar-refractivity contribution in [2.24, 2.45) is 17.1 Å². The van der Waals surface area contributed by atoms with Crippen LogP contribution in [0.5, 0.6) is 5.75 Å². The summed E-state index contributed by atoms with van der Waals surface area (Å²) in [6, 6.07) is 4.04. The van der Waals surface area contributed by atoms with Crippen LogP contribution in [0.25, 0.3) is 0 Å². The third-order valence-electron chi connectivity index (χ3n) is 3.80. The van der Waals surface area contributed by atoms with E-state index in [0.717, 1.165) is 30.2 Å². The summed E-state index contributed by atoms with van der Waals surface area (Å²) in [5.74, 6) is 1.48. The molecule has 0 spiro atoms. The van der Waals surface area contributed by atoms with Crippen molar-refractivity contribution in [1.82, 2.24) is 0 Å². The van der Waals surface area contributed by atoms with Crippen LogP contribution in [0.15, 0.2) is 12.1 Å². The number of nitrogens with two attached hydrogens (primary N) is 1. The normalized spacial score (nSPS) is 16.3. The fourth-order valence-corrected chi connectivity index (χ4v) is 2.77. The Morgan fingerprint density at radius 1 is 1.39 bits per heavy atom. The summed E-state index contributed by atoms with van der Waals surface area (Å²) >= 11 is 6.18. The van der Waals surface area contributed by atoms with Crippen LogP contribution in [-0.4, -0.2) is 13.2 Å². The number of hydrogen-bond donors (Lipinski definition) is 1. The lowest BCUT2D eigenvalue weighted by Crippen LogP contribution is -2.30. The third kappa shape index (κ3) is 2.81. The molecule has 1 atom stereocenters. The molecule has 2 rings (SSSR count). The van der Waals surface area contributed by atoms with E-state index in [-0.39, 0.29) is 5.41 Å². The number of halogens is 1. The van der Waals surface area contributed by atoms with Crippen LogP contribution in [0, 0.1) is 11.3 Å². The van der Waals surface area contributed by atoms with Gasteiger partial charge >= 0.3 is 0 Å². The Balaban J connectivity index is 2.29. The van der Waals surface area contributed by atoms with Gasteiger partial charge in [-0.3, -0.25) is 0 Å². The van der Waals surface area contributed by atoms with Crippen LogP contribution in [0.1, 0.15) is 31.9 Å². The number of hydrogen-bond acceptors (Lipinski definition) is 2. The molecule has 0 aliphatic carbocycles. The van der Waals surface area contributed by atoms with Gasteiger partial charge in [0.25, 0.3) is 0 Å². The molecule has 0 aromatic heterocycles. The SMILES string of the molecule is CC(C)(C)C(CN)Cc1cc(Cl)cc2c1OCC2. The Morgan fingerprint density at radius 2 is 2.11 bits per heavy atom. The molecule has 0 radical (unpaired) electrons. The maximum atomic E-state index is 6.18. The summed E-state index contributed by atoms with van der Waals surface area (Å²) in [4.78, 5) is 0. The predicted octanol–water partition coefficient (Wildman–Crippen LogP) is 3.44. The summed E-state index contributed by atoms with van der Waals surface area (Å²) in [7, 11) is 0. The number of rotatable bonds is 3. The second kappa shape index (κ2) is 5.10. The summed E-state index contributed by atoms with van der Waals surface area (Å²) < 4.78 is 5.74. The highest BCUT2D eigenvalue weighted by Gasteiger charge is 2.26. The maximum Gasteiger partial charge on any atom is 0.125 e. The first-order valence-electron chi connectivity index (χ1n) is 6.56. The van der Waals surface area contributed by atoms with E-state index in [4.69, 9.17) is 22.1 Å². The fourth-order valence-electron chi connectivity index (χ4n) is 2.51. The van der Waals surface area contributed by atoms with E-state index >= 15 is 0 Å². The van der Waals surface area contributed by atoms with Crippen molar-refractivity contribution < 1.29 is 4.74 Å². The van der Waals surface area contributed by atoms with E-state index in [0.29, 0.717) is 12.5 Å². The van der Waals surface area contributed by atoms with Crippen LogP contribution in [0.4, 0.5) is 0 Å². The van der Waals surface area contributed by atoms with Gasteiger partial charge in [-0.2, -0.15) is 0 Å². The first-order chi connectivity index (χ1) is 8.41. The lowest BCUT2D eigenvalue weighted by molar-refractivity contribution is 0.243. The Bertz CT molecular complexity index is 437. The molecular weight excluding hydrogens is 246 g/mol. The van der Waals surface area contributed by atoms with Crippen molar-refractivity contribution in [2.75, 3.05) is 13.2 Å². The molecule has 1 aromatic carbocycles. The fraction of sp³-hybridized carbons (Fsp3) is 0.600. The van der Waals surface area contributed by atoms with Crippen molar-refractivity contribution in [3.8, 4) is 5.75 Å². The zero-order chi connectivity index (χ0) is 13.3. The number of benzene rings is 1. The van der Waals surface area contributed by atoms with E-state index in [1.807, 2.05) is 12.1 Å². The molecular formula is C15H22ClNO. The van der Waals surface area contributed by atoms with E-state index < -0.39 is 0 Å². The second-order valence-electron chi connectivity index (χ2n) is 6.15. The minimum Gasteiger partial charge on any atom is -0.493 e. The molecule has 1 heterocycles. The molecule has 1 aliphatic rings. The summed E-state index contributed by atoms with van der Waals surface area (Å²) in [5.41, 5.74) is 8.56. The number of ether oxygens (including phenoxy) is 1. The van der Waals surface area contributed by atoms with Crippen LogP contribution < -0.4 is 10.5 Å². The molecule has 3 heteroatoms. The number of fused-ring (bicyclic) bond motifs is 1. The highest BCUT2D eigenvalue weighted by Crippen LogP contribution is 2.37. The van der Waals surface area contributed by atoms with E-state index in [1.54, 1.807) is 0 Å². The molecule has 18 heavy (non-hydrogen) atoms. The van der Waals surface area contributed by atoms with Gasteiger partial charge in [0.2, 0.25) is 0 Å². The highest BCUT2D eigenvalue weighted by molar-refractivity contribution is 6.30. The Labute approximate surface area is 114 Å². The first-order valence-corrected chi connectivity index (χ1v) is 6.93. The molecule has 0 fully saturated rings. The van der Waals surface area contributed by atoms with Gasteiger partial charge in [0.1, 0.15) is 5.75 Å². The van der Waals surface area contributed by atoms with Gasteiger partial charge < -0.3 is 10.5 Å². The van der Waals surface area contributed by atoms with Gasteiger partial charge in [-0.05, 0) is 47.6 Å². The highest BCUT2D eigenvalue weighted by atomic mass is 35.5. The predicted molar refractivity (Wildman–Crippen MR) is 76.4 cm³/mol. The van der Waals surface area contributed by atoms with Crippen LogP contribution in [0.3, 0.4) is 0 Å². The van der Waals surface area contributed by atoms with Gasteiger partial charge in [0, 0.05) is 11.4 Å². The molecule has 100 valence electrons. The largest absolute Gasteiger partial charge is 0.493 e. The second-order valence-corrected chi connectivity index (χ2v) is 6.59. The van der Waals surface area contributed by atoms with Gasteiger partial charge in [-0.25, -0.2) is 0 Å². The van der Waals surface area contributed by atoms with Crippen LogP contribution in [0.2, 0.25) is 5.02 Å². The van der Waals surface area contributed by atoms with Crippen LogP contribution >= 0.6 is 11.6 Å². The average Bonchev–Trinajstić information content (AvgIpc) is 2.71. The van der Waals surface area contributed by atoms with Crippen molar-refractivity contribution >= 4 is 11.6 Å². The summed E-state index contributed by atoms with van der Waals surface area (Å²) in [5, 5.41) is 0.805.